The van der Waals surface area contributed by atoms with Gasteiger partial charge < -0.3 is 0 Å². The zero-order valence-electron chi connectivity index (χ0n) is 25.8. The molecule has 0 amide bonds. The van der Waals surface area contributed by atoms with Gasteiger partial charge in [-0.3, -0.25) is 0 Å². The normalized spacial score (nSPS) is 16.7. The van der Waals surface area contributed by atoms with Gasteiger partial charge in [0.05, 0.1) is 0 Å². The number of hydrogen-bond acceptors (Lipinski definition) is 0. The fraction of sp³-hybridized carbons (Fsp3) is 1.00. The highest BCUT2D eigenvalue weighted by atomic mass is 14.2. The molecule has 0 aliphatic rings. The van der Waals surface area contributed by atoms with Crippen LogP contribution >= 0.6 is 0 Å². The van der Waals surface area contributed by atoms with Gasteiger partial charge in [0.25, 0.3) is 0 Å². The third kappa shape index (κ3) is 23.7. The lowest BCUT2D eigenvalue weighted by Gasteiger charge is -2.17. The molecular formula is C34H70. The molecule has 0 aliphatic heterocycles. The minimum absolute atomic E-state index is 0.876. The van der Waals surface area contributed by atoms with Gasteiger partial charge in [0.15, 0.2) is 0 Å². The molecule has 0 nitrogen and oxygen atoms in total. The predicted octanol–water partition coefficient (Wildman–Crippen LogP) is 12.5. The molecule has 0 aliphatic carbocycles. The number of rotatable bonds is 24. The summed E-state index contributed by atoms with van der Waals surface area (Å²) in [4.78, 5) is 0. The van der Waals surface area contributed by atoms with Crippen LogP contribution in [0.2, 0.25) is 0 Å². The molecule has 0 bridgehead atoms. The van der Waals surface area contributed by atoms with Crippen LogP contribution in [0.25, 0.3) is 0 Å². The van der Waals surface area contributed by atoms with E-state index in [0.717, 1.165) is 41.4 Å². The Labute approximate surface area is 219 Å². The Morgan fingerprint density at radius 3 is 0.529 bits per heavy atom. The van der Waals surface area contributed by atoms with E-state index in [1.54, 1.807) is 0 Å². The van der Waals surface area contributed by atoms with Gasteiger partial charge in [-0.05, 0) is 41.4 Å². The van der Waals surface area contributed by atoms with Gasteiger partial charge in [-0.25, -0.2) is 0 Å². The lowest BCUT2D eigenvalue weighted by molar-refractivity contribution is 0.358. The van der Waals surface area contributed by atoms with Gasteiger partial charge in [-0.2, -0.15) is 0 Å². The van der Waals surface area contributed by atoms with E-state index in [1.807, 2.05) is 0 Å². The Morgan fingerprint density at radius 2 is 0.382 bits per heavy atom. The standard InChI is InChI=1S/C34H70/c1-28(2)16-10-18-30(5)20-12-22-32(7)24-14-26-34(9)27-15-25-33(8)23-13-21-31(6)19-11-17-29(3)4/h28-34H,10-27H2,1-9H3. The first kappa shape index (κ1) is 34.0. The molecule has 0 spiro atoms. The van der Waals surface area contributed by atoms with Crippen molar-refractivity contribution in [2.45, 2.75) is 178 Å². The van der Waals surface area contributed by atoms with Crippen molar-refractivity contribution < 1.29 is 0 Å². The van der Waals surface area contributed by atoms with Crippen LogP contribution in [-0.2, 0) is 0 Å². The summed E-state index contributed by atoms with van der Waals surface area (Å²) in [5, 5.41) is 0. The lowest BCUT2D eigenvalue weighted by atomic mass is 9.89. The van der Waals surface area contributed by atoms with Crippen LogP contribution in [0.15, 0.2) is 0 Å². The quantitative estimate of drug-likeness (QED) is 0.129. The van der Waals surface area contributed by atoms with Crippen LogP contribution in [0.3, 0.4) is 0 Å². The van der Waals surface area contributed by atoms with Gasteiger partial charge in [-0.1, -0.05) is 178 Å². The van der Waals surface area contributed by atoms with Gasteiger partial charge in [0.1, 0.15) is 0 Å². The molecule has 0 radical (unpaired) electrons. The average Bonchev–Trinajstić information content (AvgIpc) is 2.73. The lowest BCUT2D eigenvalue weighted by Crippen LogP contribution is -2.03. The van der Waals surface area contributed by atoms with Crippen molar-refractivity contribution in [3.8, 4) is 0 Å². The third-order valence-electron chi connectivity index (χ3n) is 8.53. The molecule has 34 heavy (non-hydrogen) atoms. The maximum Gasteiger partial charge on any atom is -0.0443 e. The molecular weight excluding hydrogens is 408 g/mol. The van der Waals surface area contributed by atoms with Crippen molar-refractivity contribution in [2.24, 2.45) is 41.4 Å². The summed E-state index contributed by atoms with van der Waals surface area (Å²) in [6.07, 6.45) is 26.0. The highest BCUT2D eigenvalue weighted by molar-refractivity contribution is 4.63. The van der Waals surface area contributed by atoms with Crippen molar-refractivity contribution in [3.05, 3.63) is 0 Å². The van der Waals surface area contributed by atoms with E-state index in [1.165, 1.54) is 116 Å². The molecule has 206 valence electrons. The SMILES string of the molecule is CC(C)CCCC(C)CCCC(C)CCCC(C)CCCC(C)CCCC(C)CCCC(C)C. The van der Waals surface area contributed by atoms with Gasteiger partial charge in [0, 0.05) is 0 Å². The minimum Gasteiger partial charge on any atom is -0.0628 e. The monoisotopic (exact) mass is 479 g/mol. The molecule has 0 aromatic rings. The van der Waals surface area contributed by atoms with Crippen molar-refractivity contribution >= 4 is 0 Å². The fourth-order valence-electron chi connectivity index (χ4n) is 5.73. The Hall–Kier alpha value is 0. The maximum absolute atomic E-state index is 2.51. The van der Waals surface area contributed by atoms with E-state index in [-0.39, 0.29) is 0 Å². The molecule has 0 fully saturated rings. The Kier molecular flexibility index (Phi) is 22.2. The maximum atomic E-state index is 2.51. The van der Waals surface area contributed by atoms with Crippen LogP contribution in [0.5, 0.6) is 0 Å². The Bertz CT molecular complexity index is 370. The van der Waals surface area contributed by atoms with Crippen LogP contribution in [0.4, 0.5) is 0 Å². The second kappa shape index (κ2) is 22.2. The summed E-state index contributed by atoms with van der Waals surface area (Å²) in [5.74, 6) is 6.42. The molecule has 0 aromatic carbocycles. The Morgan fingerprint density at radius 1 is 0.235 bits per heavy atom. The van der Waals surface area contributed by atoms with Crippen molar-refractivity contribution in [3.63, 3.8) is 0 Å². The summed E-state index contributed by atoms with van der Waals surface area (Å²) in [6.45, 7) is 21.9. The van der Waals surface area contributed by atoms with E-state index >= 15 is 0 Å². The largest absolute Gasteiger partial charge is 0.0628 e. The predicted molar refractivity (Wildman–Crippen MR) is 159 cm³/mol. The van der Waals surface area contributed by atoms with Crippen LogP contribution in [0.1, 0.15) is 178 Å². The van der Waals surface area contributed by atoms with Gasteiger partial charge in [0.2, 0.25) is 0 Å². The van der Waals surface area contributed by atoms with Gasteiger partial charge in [-0.15, -0.1) is 0 Å². The van der Waals surface area contributed by atoms with E-state index in [0.29, 0.717) is 0 Å². The average molecular weight is 479 g/mol. The summed E-state index contributed by atoms with van der Waals surface area (Å²) in [6, 6.07) is 0. The molecule has 0 saturated carbocycles. The molecule has 0 rings (SSSR count). The first-order chi connectivity index (χ1) is 16.1. The molecule has 0 heterocycles. The van der Waals surface area contributed by atoms with E-state index in [4.69, 9.17) is 0 Å². The van der Waals surface area contributed by atoms with Crippen molar-refractivity contribution in [1.82, 2.24) is 0 Å². The van der Waals surface area contributed by atoms with Gasteiger partial charge >= 0.3 is 0 Å². The summed E-state index contributed by atoms with van der Waals surface area (Å²) >= 11 is 0. The highest BCUT2D eigenvalue weighted by Gasteiger charge is 2.10. The first-order valence-corrected chi connectivity index (χ1v) is 16.1. The summed E-state index contributed by atoms with van der Waals surface area (Å²) in [7, 11) is 0. The molecule has 0 saturated heterocycles. The van der Waals surface area contributed by atoms with E-state index in [9.17, 15) is 0 Å². The van der Waals surface area contributed by atoms with E-state index in [2.05, 4.69) is 62.3 Å². The Balaban J connectivity index is 3.62. The fourth-order valence-corrected chi connectivity index (χ4v) is 5.73. The topological polar surface area (TPSA) is 0 Å². The molecule has 4 atom stereocenters. The number of hydrogen-bond donors (Lipinski definition) is 0. The highest BCUT2D eigenvalue weighted by Crippen LogP contribution is 2.25. The van der Waals surface area contributed by atoms with Crippen LogP contribution in [0, 0.1) is 41.4 Å². The molecule has 4 unspecified atom stereocenters. The van der Waals surface area contributed by atoms with E-state index < -0.39 is 0 Å². The first-order valence-electron chi connectivity index (χ1n) is 16.1. The summed E-state index contributed by atoms with van der Waals surface area (Å²) < 4.78 is 0. The third-order valence-corrected chi connectivity index (χ3v) is 8.53. The second-order valence-corrected chi connectivity index (χ2v) is 13.9. The molecule has 0 N–H and O–H groups in total. The van der Waals surface area contributed by atoms with Crippen molar-refractivity contribution in [2.75, 3.05) is 0 Å². The smallest absolute Gasteiger partial charge is 0.0443 e. The second-order valence-electron chi connectivity index (χ2n) is 13.9. The van der Waals surface area contributed by atoms with Crippen molar-refractivity contribution in [1.29, 1.82) is 0 Å². The molecule has 0 heteroatoms. The zero-order valence-corrected chi connectivity index (χ0v) is 25.8. The summed E-state index contributed by atoms with van der Waals surface area (Å²) in [5.41, 5.74) is 0. The zero-order chi connectivity index (χ0) is 25.8. The van der Waals surface area contributed by atoms with Crippen LogP contribution in [-0.4, -0.2) is 0 Å². The van der Waals surface area contributed by atoms with Crippen LogP contribution < -0.4 is 0 Å². The molecule has 0 aromatic heterocycles. The minimum atomic E-state index is 0.876.